The molecule has 2 N–H and O–H groups in total. The molecule has 0 fully saturated rings. The van der Waals surface area contributed by atoms with Gasteiger partial charge in [-0.15, -0.1) is 0 Å². The topological polar surface area (TPSA) is 64.9 Å². The van der Waals surface area contributed by atoms with Crippen molar-refractivity contribution < 1.29 is 4.52 Å². The second-order valence-corrected chi connectivity index (χ2v) is 4.29. The van der Waals surface area contributed by atoms with Crippen molar-refractivity contribution in [3.05, 3.63) is 29.6 Å². The van der Waals surface area contributed by atoms with Crippen LogP contribution in [0.4, 0.5) is 5.69 Å². The Morgan fingerprint density at radius 1 is 1.41 bits per heavy atom. The quantitative estimate of drug-likeness (QED) is 0.824. The van der Waals surface area contributed by atoms with Gasteiger partial charge in [0.25, 0.3) is 5.89 Å². The van der Waals surface area contributed by atoms with Gasteiger partial charge in [0.2, 0.25) is 0 Å². The van der Waals surface area contributed by atoms with Gasteiger partial charge in [0.15, 0.2) is 5.82 Å². The zero-order chi connectivity index (χ0) is 12.4. The number of benzene rings is 1. The van der Waals surface area contributed by atoms with Crippen LogP contribution < -0.4 is 5.73 Å². The van der Waals surface area contributed by atoms with Crippen LogP contribution in [0.2, 0.25) is 0 Å². The molecule has 0 bridgehead atoms. The molecule has 0 aliphatic heterocycles. The van der Waals surface area contributed by atoms with Crippen molar-refractivity contribution in [2.75, 3.05) is 5.73 Å². The Labute approximate surface area is 101 Å². The Morgan fingerprint density at radius 2 is 2.18 bits per heavy atom. The summed E-state index contributed by atoms with van der Waals surface area (Å²) in [7, 11) is 0. The number of nitrogen functional groups attached to an aromatic ring is 1. The predicted octanol–water partition coefficient (Wildman–Crippen LogP) is 3.14. The first-order valence-electron chi connectivity index (χ1n) is 5.82. The van der Waals surface area contributed by atoms with Crippen molar-refractivity contribution in [1.82, 2.24) is 10.1 Å². The van der Waals surface area contributed by atoms with Gasteiger partial charge < -0.3 is 10.3 Å². The molecule has 1 heterocycles. The van der Waals surface area contributed by atoms with Gasteiger partial charge in [-0.05, 0) is 31.0 Å². The molecular formula is C13H17N3O. The van der Waals surface area contributed by atoms with Gasteiger partial charge in [0.1, 0.15) is 0 Å². The molecule has 0 spiro atoms. The van der Waals surface area contributed by atoms with Gasteiger partial charge in [0, 0.05) is 17.2 Å². The van der Waals surface area contributed by atoms with E-state index in [0.29, 0.717) is 11.8 Å². The highest BCUT2D eigenvalue weighted by molar-refractivity contribution is 5.66. The third-order valence-corrected chi connectivity index (χ3v) is 3.10. The number of nitrogens with zero attached hydrogens (tertiary/aromatic N) is 2. The van der Waals surface area contributed by atoms with E-state index < -0.39 is 0 Å². The summed E-state index contributed by atoms with van der Waals surface area (Å²) in [5, 5.41) is 4.01. The first kappa shape index (κ1) is 11.6. The Hall–Kier alpha value is -1.84. The molecule has 4 heteroatoms. The van der Waals surface area contributed by atoms with E-state index in [2.05, 4.69) is 24.0 Å². The van der Waals surface area contributed by atoms with Crippen LogP contribution in [-0.2, 0) is 0 Å². The molecular weight excluding hydrogens is 214 g/mol. The average Bonchev–Trinajstić information content (AvgIpc) is 2.81. The van der Waals surface area contributed by atoms with E-state index in [1.54, 1.807) is 0 Å². The van der Waals surface area contributed by atoms with Gasteiger partial charge in [-0.25, -0.2) is 0 Å². The van der Waals surface area contributed by atoms with Crippen molar-refractivity contribution in [3.63, 3.8) is 0 Å². The highest BCUT2D eigenvalue weighted by Crippen LogP contribution is 2.27. The summed E-state index contributed by atoms with van der Waals surface area (Å²) in [6.45, 7) is 6.14. The maximum atomic E-state index is 5.86. The van der Waals surface area contributed by atoms with Crippen LogP contribution in [0.1, 0.15) is 37.6 Å². The van der Waals surface area contributed by atoms with E-state index in [1.807, 2.05) is 25.1 Å². The zero-order valence-corrected chi connectivity index (χ0v) is 10.4. The maximum absolute atomic E-state index is 5.86. The van der Waals surface area contributed by atoms with Gasteiger partial charge in [-0.2, -0.15) is 4.98 Å². The molecule has 0 saturated carbocycles. The van der Waals surface area contributed by atoms with E-state index in [4.69, 9.17) is 10.3 Å². The number of anilines is 1. The van der Waals surface area contributed by atoms with Crippen molar-refractivity contribution in [1.29, 1.82) is 0 Å². The third kappa shape index (κ3) is 2.16. The fraction of sp³-hybridized carbons (Fsp3) is 0.385. The lowest BCUT2D eigenvalue weighted by Crippen LogP contribution is -1.94. The second kappa shape index (κ2) is 4.57. The summed E-state index contributed by atoms with van der Waals surface area (Å²) in [6.07, 6.45) is 0.995. The smallest absolute Gasteiger partial charge is 0.258 e. The molecule has 0 saturated heterocycles. The molecule has 2 rings (SSSR count). The lowest BCUT2D eigenvalue weighted by Gasteiger charge is -2.03. The monoisotopic (exact) mass is 231 g/mol. The van der Waals surface area contributed by atoms with Crippen LogP contribution >= 0.6 is 0 Å². The van der Waals surface area contributed by atoms with Crippen LogP contribution in [0, 0.1) is 6.92 Å². The van der Waals surface area contributed by atoms with E-state index >= 15 is 0 Å². The average molecular weight is 231 g/mol. The summed E-state index contributed by atoms with van der Waals surface area (Å²) >= 11 is 0. The molecule has 1 atom stereocenters. The van der Waals surface area contributed by atoms with Crippen LogP contribution in [-0.4, -0.2) is 10.1 Å². The molecule has 0 radical (unpaired) electrons. The summed E-state index contributed by atoms with van der Waals surface area (Å²) in [5.74, 6) is 1.61. The summed E-state index contributed by atoms with van der Waals surface area (Å²) in [6, 6.07) is 5.70. The molecule has 0 aliphatic carbocycles. The summed E-state index contributed by atoms with van der Waals surface area (Å²) in [5.41, 5.74) is 8.49. The molecule has 1 unspecified atom stereocenters. The molecule has 90 valence electrons. The van der Waals surface area contributed by atoms with E-state index in [1.165, 1.54) is 0 Å². The summed E-state index contributed by atoms with van der Waals surface area (Å²) < 4.78 is 5.29. The minimum absolute atomic E-state index is 0.314. The molecule has 17 heavy (non-hydrogen) atoms. The number of rotatable bonds is 3. The number of nitrogens with two attached hydrogens (primary N) is 1. The van der Waals surface area contributed by atoms with Crippen molar-refractivity contribution in [2.45, 2.75) is 33.1 Å². The van der Waals surface area contributed by atoms with Gasteiger partial charge in [-0.1, -0.05) is 25.1 Å². The Balaban J connectivity index is 2.40. The Bertz CT molecular complexity index is 519. The minimum atomic E-state index is 0.314. The maximum Gasteiger partial charge on any atom is 0.258 e. The van der Waals surface area contributed by atoms with Crippen LogP contribution in [0.15, 0.2) is 22.7 Å². The SMILES string of the molecule is CCC(C)c1noc(-c2cccc(N)c2C)n1. The third-order valence-electron chi connectivity index (χ3n) is 3.10. The molecule has 1 aromatic carbocycles. The number of hydrogen-bond donors (Lipinski definition) is 1. The van der Waals surface area contributed by atoms with Crippen molar-refractivity contribution >= 4 is 5.69 Å². The van der Waals surface area contributed by atoms with Gasteiger partial charge in [-0.3, -0.25) is 0 Å². The normalized spacial score (nSPS) is 12.6. The van der Waals surface area contributed by atoms with E-state index in [-0.39, 0.29) is 0 Å². The summed E-state index contributed by atoms with van der Waals surface area (Å²) in [4.78, 5) is 4.42. The second-order valence-electron chi connectivity index (χ2n) is 4.29. The Kier molecular flexibility index (Phi) is 3.13. The Morgan fingerprint density at radius 3 is 2.88 bits per heavy atom. The van der Waals surface area contributed by atoms with Crippen LogP contribution in [0.3, 0.4) is 0 Å². The standard InChI is InChI=1S/C13H17N3O/c1-4-8(2)12-15-13(17-16-12)10-6-5-7-11(14)9(10)3/h5-8H,4,14H2,1-3H3. The lowest BCUT2D eigenvalue weighted by atomic mass is 10.1. The fourth-order valence-corrected chi connectivity index (χ4v) is 1.61. The predicted molar refractivity (Wildman–Crippen MR) is 67.6 cm³/mol. The van der Waals surface area contributed by atoms with E-state index in [0.717, 1.165) is 29.1 Å². The van der Waals surface area contributed by atoms with E-state index in [9.17, 15) is 0 Å². The molecule has 0 amide bonds. The molecule has 0 aliphatic rings. The zero-order valence-electron chi connectivity index (χ0n) is 10.4. The lowest BCUT2D eigenvalue weighted by molar-refractivity contribution is 0.416. The largest absolute Gasteiger partial charge is 0.398 e. The minimum Gasteiger partial charge on any atom is -0.398 e. The van der Waals surface area contributed by atoms with Crippen molar-refractivity contribution in [2.24, 2.45) is 0 Å². The number of aromatic nitrogens is 2. The first-order valence-corrected chi connectivity index (χ1v) is 5.82. The van der Waals surface area contributed by atoms with Gasteiger partial charge in [0.05, 0.1) is 0 Å². The van der Waals surface area contributed by atoms with Gasteiger partial charge >= 0.3 is 0 Å². The molecule has 2 aromatic rings. The van der Waals surface area contributed by atoms with Crippen LogP contribution in [0.5, 0.6) is 0 Å². The molecule has 1 aromatic heterocycles. The fourth-order valence-electron chi connectivity index (χ4n) is 1.61. The first-order chi connectivity index (χ1) is 8.13. The van der Waals surface area contributed by atoms with Crippen molar-refractivity contribution in [3.8, 4) is 11.5 Å². The highest BCUT2D eigenvalue weighted by Gasteiger charge is 2.15. The highest BCUT2D eigenvalue weighted by atomic mass is 16.5. The molecule has 4 nitrogen and oxygen atoms in total. The number of hydrogen-bond acceptors (Lipinski definition) is 4. The van der Waals surface area contributed by atoms with Crippen LogP contribution in [0.25, 0.3) is 11.5 Å².